The number of nitrogens with zero attached hydrogens (tertiary/aromatic N) is 1. The maximum absolute atomic E-state index is 12.6. The number of rotatable bonds is 1. The minimum absolute atomic E-state index is 0. The fourth-order valence-corrected chi connectivity index (χ4v) is 4.71. The van der Waals surface area contributed by atoms with Gasteiger partial charge in [-0.3, -0.25) is 4.79 Å². The Kier molecular flexibility index (Phi) is 5.96. The first-order chi connectivity index (χ1) is 9.69. The van der Waals surface area contributed by atoms with Crippen molar-refractivity contribution in [1.82, 2.24) is 4.90 Å². The molecule has 1 spiro atoms. The van der Waals surface area contributed by atoms with Crippen LogP contribution in [0.1, 0.15) is 70.6 Å². The van der Waals surface area contributed by atoms with Crippen LogP contribution in [0.5, 0.6) is 0 Å². The summed E-state index contributed by atoms with van der Waals surface area (Å²) < 4.78 is 0. The molecule has 2 aliphatic carbocycles. The van der Waals surface area contributed by atoms with E-state index in [0.717, 1.165) is 38.8 Å². The summed E-state index contributed by atoms with van der Waals surface area (Å²) in [5.41, 5.74) is 6.63. The molecule has 1 saturated heterocycles. The number of hydrogen-bond donors (Lipinski definition) is 1. The van der Waals surface area contributed by atoms with Gasteiger partial charge in [0.2, 0.25) is 5.91 Å². The van der Waals surface area contributed by atoms with Gasteiger partial charge >= 0.3 is 0 Å². The summed E-state index contributed by atoms with van der Waals surface area (Å²) >= 11 is 0. The second-order valence-corrected chi connectivity index (χ2v) is 7.51. The topological polar surface area (TPSA) is 46.3 Å². The summed E-state index contributed by atoms with van der Waals surface area (Å²) in [5, 5.41) is 0. The molecular weight excluding hydrogens is 284 g/mol. The van der Waals surface area contributed by atoms with Gasteiger partial charge in [0.15, 0.2) is 0 Å². The monoisotopic (exact) mass is 314 g/mol. The number of carbonyl (C=O) groups excluding carboxylic acids is 1. The lowest BCUT2D eigenvalue weighted by Crippen LogP contribution is -2.47. The number of amides is 1. The SMILES string of the molecule is Cl.NC1CCCC(C(=O)N2CCC3(CCCCC3)CC2)C1. The molecule has 2 atom stereocenters. The number of nitrogens with two attached hydrogens (primary N) is 1. The molecular formula is C17H31ClN2O. The van der Waals surface area contributed by atoms with Crippen LogP contribution in [-0.2, 0) is 4.79 Å². The Bertz CT molecular complexity index is 345. The Hall–Kier alpha value is -0.280. The van der Waals surface area contributed by atoms with E-state index >= 15 is 0 Å². The van der Waals surface area contributed by atoms with E-state index in [1.807, 2.05) is 0 Å². The van der Waals surface area contributed by atoms with Crippen molar-refractivity contribution < 1.29 is 4.79 Å². The van der Waals surface area contributed by atoms with Crippen molar-refractivity contribution in [3.05, 3.63) is 0 Å². The van der Waals surface area contributed by atoms with E-state index in [2.05, 4.69) is 4.90 Å². The van der Waals surface area contributed by atoms with Gasteiger partial charge in [0.05, 0.1) is 0 Å². The van der Waals surface area contributed by atoms with Gasteiger partial charge in [-0.15, -0.1) is 12.4 Å². The van der Waals surface area contributed by atoms with Gasteiger partial charge in [-0.1, -0.05) is 25.7 Å². The maximum atomic E-state index is 12.6. The van der Waals surface area contributed by atoms with E-state index in [9.17, 15) is 4.79 Å². The summed E-state index contributed by atoms with van der Waals surface area (Å²) in [6.07, 6.45) is 13.8. The predicted octanol–water partition coefficient (Wildman–Crippen LogP) is 3.50. The summed E-state index contributed by atoms with van der Waals surface area (Å²) in [4.78, 5) is 14.8. The van der Waals surface area contributed by atoms with Gasteiger partial charge < -0.3 is 10.6 Å². The third kappa shape index (κ3) is 3.92. The van der Waals surface area contributed by atoms with Crippen LogP contribution in [0.25, 0.3) is 0 Å². The molecule has 3 nitrogen and oxygen atoms in total. The number of hydrogen-bond acceptors (Lipinski definition) is 2. The van der Waals surface area contributed by atoms with Crippen LogP contribution in [0.15, 0.2) is 0 Å². The zero-order valence-corrected chi connectivity index (χ0v) is 14.0. The average Bonchev–Trinajstić information content (AvgIpc) is 2.48. The highest BCUT2D eigenvalue weighted by Crippen LogP contribution is 2.44. The average molecular weight is 315 g/mol. The Morgan fingerprint density at radius 1 is 0.952 bits per heavy atom. The minimum Gasteiger partial charge on any atom is -0.342 e. The number of likely N-dealkylation sites (tertiary alicyclic amines) is 1. The van der Waals surface area contributed by atoms with Crippen LogP contribution in [-0.4, -0.2) is 29.9 Å². The van der Waals surface area contributed by atoms with Crippen molar-refractivity contribution in [2.24, 2.45) is 17.1 Å². The van der Waals surface area contributed by atoms with Crippen molar-refractivity contribution in [3.8, 4) is 0 Å². The van der Waals surface area contributed by atoms with Crippen LogP contribution < -0.4 is 5.73 Å². The maximum Gasteiger partial charge on any atom is 0.225 e. The van der Waals surface area contributed by atoms with Crippen molar-refractivity contribution >= 4 is 18.3 Å². The van der Waals surface area contributed by atoms with E-state index in [4.69, 9.17) is 5.73 Å². The van der Waals surface area contributed by atoms with Gasteiger partial charge in [-0.05, 0) is 50.4 Å². The van der Waals surface area contributed by atoms with Crippen molar-refractivity contribution in [1.29, 1.82) is 0 Å². The lowest BCUT2D eigenvalue weighted by molar-refractivity contribution is -0.139. The lowest BCUT2D eigenvalue weighted by atomic mass is 9.68. The third-order valence-electron chi connectivity index (χ3n) is 6.11. The van der Waals surface area contributed by atoms with Crippen LogP contribution >= 0.6 is 12.4 Å². The number of carbonyl (C=O) groups is 1. The van der Waals surface area contributed by atoms with Gasteiger partial charge in [0.25, 0.3) is 0 Å². The molecule has 1 aliphatic heterocycles. The normalized spacial score (nSPS) is 32.5. The van der Waals surface area contributed by atoms with Crippen molar-refractivity contribution in [2.45, 2.75) is 76.7 Å². The van der Waals surface area contributed by atoms with E-state index < -0.39 is 0 Å². The van der Waals surface area contributed by atoms with Gasteiger partial charge in [0, 0.05) is 25.0 Å². The fourth-order valence-electron chi connectivity index (χ4n) is 4.71. The predicted molar refractivity (Wildman–Crippen MR) is 88.5 cm³/mol. The van der Waals surface area contributed by atoms with E-state index in [-0.39, 0.29) is 24.4 Å². The smallest absolute Gasteiger partial charge is 0.225 e. The zero-order valence-electron chi connectivity index (χ0n) is 13.2. The molecule has 21 heavy (non-hydrogen) atoms. The Morgan fingerprint density at radius 2 is 1.62 bits per heavy atom. The highest BCUT2D eigenvalue weighted by Gasteiger charge is 2.38. The summed E-state index contributed by atoms with van der Waals surface area (Å²) in [7, 11) is 0. The zero-order chi connectivity index (χ0) is 14.0. The number of piperidine rings is 1. The second-order valence-electron chi connectivity index (χ2n) is 7.51. The quantitative estimate of drug-likeness (QED) is 0.805. The fraction of sp³-hybridized carbons (Fsp3) is 0.941. The van der Waals surface area contributed by atoms with Gasteiger partial charge in [-0.2, -0.15) is 0 Å². The first-order valence-electron chi connectivity index (χ1n) is 8.73. The molecule has 0 radical (unpaired) electrons. The molecule has 0 bridgehead atoms. The van der Waals surface area contributed by atoms with Gasteiger partial charge in [-0.25, -0.2) is 0 Å². The first-order valence-corrected chi connectivity index (χ1v) is 8.73. The number of halogens is 1. The molecule has 2 unspecified atom stereocenters. The highest BCUT2D eigenvalue weighted by molar-refractivity contribution is 5.85. The first kappa shape index (κ1) is 17.1. The molecule has 4 heteroatoms. The lowest BCUT2D eigenvalue weighted by Gasteiger charge is -2.45. The molecule has 122 valence electrons. The Labute approximate surface area is 135 Å². The molecule has 3 fully saturated rings. The minimum atomic E-state index is 0. The van der Waals surface area contributed by atoms with E-state index in [0.29, 0.717) is 11.3 Å². The molecule has 1 amide bonds. The van der Waals surface area contributed by atoms with Crippen molar-refractivity contribution in [2.75, 3.05) is 13.1 Å². The van der Waals surface area contributed by atoms with Crippen LogP contribution in [0.2, 0.25) is 0 Å². The van der Waals surface area contributed by atoms with Crippen LogP contribution in [0, 0.1) is 11.3 Å². The molecule has 0 aromatic heterocycles. The largest absolute Gasteiger partial charge is 0.342 e. The van der Waals surface area contributed by atoms with Crippen LogP contribution in [0.4, 0.5) is 0 Å². The highest BCUT2D eigenvalue weighted by atomic mass is 35.5. The van der Waals surface area contributed by atoms with Crippen LogP contribution in [0.3, 0.4) is 0 Å². The summed E-state index contributed by atoms with van der Waals surface area (Å²) in [6, 6.07) is 0.257. The van der Waals surface area contributed by atoms with Gasteiger partial charge in [0.1, 0.15) is 0 Å². The third-order valence-corrected chi connectivity index (χ3v) is 6.11. The molecule has 2 saturated carbocycles. The summed E-state index contributed by atoms with van der Waals surface area (Å²) in [5.74, 6) is 0.630. The molecule has 1 heterocycles. The molecule has 0 aromatic carbocycles. The molecule has 0 aromatic rings. The summed E-state index contributed by atoms with van der Waals surface area (Å²) in [6.45, 7) is 2.01. The standard InChI is InChI=1S/C17H30N2O.ClH/c18-15-6-4-5-14(13-15)16(20)19-11-9-17(10-12-19)7-2-1-3-8-17;/h14-15H,1-13,18H2;1H. The Balaban J connectivity index is 0.00000161. The Morgan fingerprint density at radius 3 is 2.24 bits per heavy atom. The van der Waals surface area contributed by atoms with E-state index in [1.54, 1.807) is 0 Å². The molecule has 3 rings (SSSR count). The van der Waals surface area contributed by atoms with E-state index in [1.165, 1.54) is 44.9 Å². The molecule has 2 N–H and O–H groups in total. The van der Waals surface area contributed by atoms with Crippen molar-refractivity contribution in [3.63, 3.8) is 0 Å². The second kappa shape index (κ2) is 7.32. The molecule has 3 aliphatic rings.